The van der Waals surface area contributed by atoms with Crippen molar-refractivity contribution in [2.24, 2.45) is 0 Å². The Labute approximate surface area is 92.7 Å². The minimum Gasteiger partial charge on any atom is -0.423 e. The summed E-state index contributed by atoms with van der Waals surface area (Å²) >= 11 is 0. The first-order valence-corrected chi connectivity index (χ1v) is 5.25. The third-order valence-electron chi connectivity index (χ3n) is 2.30. The molecule has 80 valence electrons. The van der Waals surface area contributed by atoms with Crippen LogP contribution < -0.4 is 10.9 Å². The summed E-state index contributed by atoms with van der Waals surface area (Å²) in [6.07, 6.45) is 0. The Hall–Kier alpha value is -0.730. The van der Waals surface area contributed by atoms with Gasteiger partial charge < -0.3 is 10.0 Å². The summed E-state index contributed by atoms with van der Waals surface area (Å²) in [6.45, 7) is 8.44. The number of aryl methyl sites for hydroxylation is 1. The van der Waals surface area contributed by atoms with Crippen LogP contribution >= 0.6 is 0 Å². The average molecular weight is 204 g/mol. The van der Waals surface area contributed by atoms with Crippen LogP contribution in [0.1, 0.15) is 26.3 Å². The lowest BCUT2D eigenvalue weighted by atomic mass is 9.48. The van der Waals surface area contributed by atoms with Crippen LogP contribution in [-0.4, -0.2) is 24.4 Å². The minimum atomic E-state index is -1.37. The molecule has 0 saturated carbocycles. The van der Waals surface area contributed by atoms with E-state index in [0.29, 0.717) is 5.46 Å². The SMILES string of the molecule is Cc1ccc(B(O)O)c(BC(C)(C)C)c1. The van der Waals surface area contributed by atoms with E-state index in [9.17, 15) is 10.0 Å². The van der Waals surface area contributed by atoms with Gasteiger partial charge in [0.15, 0.2) is 7.28 Å². The maximum atomic E-state index is 9.25. The number of benzene rings is 1. The van der Waals surface area contributed by atoms with Crippen LogP contribution in [0.4, 0.5) is 0 Å². The predicted molar refractivity (Wildman–Crippen MR) is 67.5 cm³/mol. The average Bonchev–Trinajstić information content (AvgIpc) is 1.99. The Morgan fingerprint density at radius 3 is 2.27 bits per heavy atom. The van der Waals surface area contributed by atoms with Crippen molar-refractivity contribution in [3.05, 3.63) is 23.8 Å². The molecule has 0 aliphatic heterocycles. The summed E-state index contributed by atoms with van der Waals surface area (Å²) in [5, 5.41) is 18.6. The predicted octanol–water partition coefficient (Wildman–Crippen LogP) is -0.0450. The van der Waals surface area contributed by atoms with Crippen molar-refractivity contribution in [1.29, 1.82) is 0 Å². The fourth-order valence-corrected chi connectivity index (χ4v) is 1.71. The second-order valence-corrected chi connectivity index (χ2v) is 5.31. The third kappa shape index (κ3) is 3.73. The van der Waals surface area contributed by atoms with Crippen molar-refractivity contribution in [1.82, 2.24) is 0 Å². The Morgan fingerprint density at radius 2 is 1.80 bits per heavy atom. The molecule has 2 N–H and O–H groups in total. The Bertz CT molecular complexity index is 343. The van der Waals surface area contributed by atoms with Gasteiger partial charge in [0.1, 0.15) is 0 Å². The first-order valence-electron chi connectivity index (χ1n) is 5.25. The largest absolute Gasteiger partial charge is 0.487 e. The van der Waals surface area contributed by atoms with E-state index in [1.807, 2.05) is 19.1 Å². The lowest BCUT2D eigenvalue weighted by Gasteiger charge is -2.19. The van der Waals surface area contributed by atoms with Crippen LogP contribution in [0.25, 0.3) is 0 Å². The lowest BCUT2D eigenvalue weighted by Crippen LogP contribution is -2.45. The molecule has 0 unspecified atom stereocenters. The number of hydrogen-bond donors (Lipinski definition) is 2. The highest BCUT2D eigenvalue weighted by Crippen LogP contribution is 2.19. The Kier molecular flexibility index (Phi) is 3.63. The van der Waals surface area contributed by atoms with Crippen LogP contribution in [0.15, 0.2) is 18.2 Å². The van der Waals surface area contributed by atoms with Crippen molar-refractivity contribution in [3.8, 4) is 0 Å². The van der Waals surface area contributed by atoms with Crippen LogP contribution in [-0.2, 0) is 0 Å². The molecule has 0 atom stereocenters. The smallest absolute Gasteiger partial charge is 0.423 e. The van der Waals surface area contributed by atoms with Gasteiger partial charge in [0.25, 0.3) is 0 Å². The van der Waals surface area contributed by atoms with E-state index in [0.717, 1.165) is 18.3 Å². The maximum Gasteiger partial charge on any atom is 0.487 e. The molecular weight excluding hydrogens is 186 g/mol. The molecule has 1 aromatic rings. The van der Waals surface area contributed by atoms with Crippen LogP contribution in [0.2, 0.25) is 5.31 Å². The molecule has 0 radical (unpaired) electrons. The van der Waals surface area contributed by atoms with Crippen molar-refractivity contribution >= 4 is 25.3 Å². The molecular formula is C11H18B2O2. The second-order valence-electron chi connectivity index (χ2n) is 5.31. The summed E-state index contributed by atoms with van der Waals surface area (Å²) in [6, 6.07) is 5.72. The zero-order valence-electron chi connectivity index (χ0n) is 9.91. The van der Waals surface area contributed by atoms with Gasteiger partial charge in [0.2, 0.25) is 0 Å². The zero-order chi connectivity index (χ0) is 11.6. The van der Waals surface area contributed by atoms with Crippen molar-refractivity contribution < 1.29 is 10.0 Å². The second kappa shape index (κ2) is 4.42. The summed E-state index contributed by atoms with van der Waals surface area (Å²) in [5.74, 6) is 0. The summed E-state index contributed by atoms with van der Waals surface area (Å²) in [4.78, 5) is 0. The quantitative estimate of drug-likeness (QED) is 0.663. The Morgan fingerprint density at radius 1 is 1.20 bits per heavy atom. The molecule has 4 heteroatoms. The van der Waals surface area contributed by atoms with Crippen LogP contribution in [0.5, 0.6) is 0 Å². The van der Waals surface area contributed by atoms with Gasteiger partial charge in [0, 0.05) is 0 Å². The fourth-order valence-electron chi connectivity index (χ4n) is 1.71. The highest BCUT2D eigenvalue weighted by atomic mass is 16.4. The molecule has 0 heterocycles. The summed E-state index contributed by atoms with van der Waals surface area (Å²) in [7, 11) is -0.523. The van der Waals surface area contributed by atoms with Crippen LogP contribution in [0.3, 0.4) is 0 Å². The van der Waals surface area contributed by atoms with E-state index < -0.39 is 7.12 Å². The molecule has 1 aromatic carbocycles. The first kappa shape index (κ1) is 12.3. The monoisotopic (exact) mass is 204 g/mol. The molecule has 0 aliphatic carbocycles. The molecule has 0 spiro atoms. The third-order valence-corrected chi connectivity index (χ3v) is 2.30. The number of hydrogen-bond acceptors (Lipinski definition) is 2. The van der Waals surface area contributed by atoms with Gasteiger partial charge in [-0.1, -0.05) is 55.3 Å². The van der Waals surface area contributed by atoms with E-state index in [4.69, 9.17) is 0 Å². The molecule has 0 saturated heterocycles. The van der Waals surface area contributed by atoms with Gasteiger partial charge in [-0.3, -0.25) is 0 Å². The molecule has 0 aliphatic rings. The van der Waals surface area contributed by atoms with Crippen molar-refractivity contribution in [2.45, 2.75) is 33.0 Å². The fraction of sp³-hybridized carbons (Fsp3) is 0.455. The van der Waals surface area contributed by atoms with E-state index in [1.165, 1.54) is 0 Å². The van der Waals surface area contributed by atoms with E-state index >= 15 is 0 Å². The standard InChI is InChI=1S/C11H18B2O2/c1-8-5-6-10(13(14)15)9(7-8)12-11(2,3)4/h5-7,12,14-15H,1-4H3. The van der Waals surface area contributed by atoms with Gasteiger partial charge in [-0.2, -0.15) is 0 Å². The molecule has 0 bridgehead atoms. The molecule has 0 fully saturated rings. The highest BCUT2D eigenvalue weighted by molar-refractivity contribution is 6.70. The first-order chi connectivity index (χ1) is 6.79. The van der Waals surface area contributed by atoms with Gasteiger partial charge in [0.05, 0.1) is 0 Å². The van der Waals surface area contributed by atoms with Crippen molar-refractivity contribution in [2.75, 3.05) is 0 Å². The summed E-state index contributed by atoms with van der Waals surface area (Å²) in [5.41, 5.74) is 2.80. The highest BCUT2D eigenvalue weighted by Gasteiger charge is 2.21. The van der Waals surface area contributed by atoms with Gasteiger partial charge in [-0.05, 0) is 12.4 Å². The van der Waals surface area contributed by atoms with Crippen LogP contribution in [0, 0.1) is 6.92 Å². The van der Waals surface area contributed by atoms with Crippen molar-refractivity contribution in [3.63, 3.8) is 0 Å². The molecule has 2 nitrogen and oxygen atoms in total. The molecule has 15 heavy (non-hydrogen) atoms. The zero-order valence-corrected chi connectivity index (χ0v) is 9.91. The normalized spacial score (nSPS) is 11.3. The van der Waals surface area contributed by atoms with Gasteiger partial charge >= 0.3 is 7.12 Å². The lowest BCUT2D eigenvalue weighted by molar-refractivity contribution is 0.426. The molecule has 1 rings (SSSR count). The Balaban J connectivity index is 3.08. The topological polar surface area (TPSA) is 40.5 Å². The molecule has 0 aromatic heterocycles. The summed E-state index contributed by atoms with van der Waals surface area (Å²) < 4.78 is 0. The van der Waals surface area contributed by atoms with E-state index in [1.54, 1.807) is 6.07 Å². The van der Waals surface area contributed by atoms with Gasteiger partial charge in [-0.25, -0.2) is 0 Å². The number of rotatable bonds is 2. The minimum absolute atomic E-state index is 0.150. The van der Waals surface area contributed by atoms with Gasteiger partial charge in [-0.15, -0.1) is 0 Å². The van der Waals surface area contributed by atoms with E-state index in [-0.39, 0.29) is 5.31 Å². The van der Waals surface area contributed by atoms with E-state index in [2.05, 4.69) is 20.8 Å². The maximum absolute atomic E-state index is 9.25. The molecule has 0 amide bonds.